The molecule has 0 N–H and O–H groups in total. The Morgan fingerprint density at radius 1 is 1.32 bits per heavy atom. The molecule has 98 valence electrons. The summed E-state index contributed by atoms with van der Waals surface area (Å²) in [6.45, 7) is 4.13. The molecule has 19 heavy (non-hydrogen) atoms. The summed E-state index contributed by atoms with van der Waals surface area (Å²) in [7, 11) is 0. The Labute approximate surface area is 121 Å². The van der Waals surface area contributed by atoms with E-state index in [9.17, 15) is 4.79 Å². The number of thioether (sulfide) groups is 1. The number of aromatic nitrogens is 1. The van der Waals surface area contributed by atoms with Gasteiger partial charge in [-0.1, -0.05) is 42.0 Å². The summed E-state index contributed by atoms with van der Waals surface area (Å²) in [6, 6.07) is 9.96. The molecular formula is C15H15NOS2. The average molecular weight is 289 g/mol. The summed E-state index contributed by atoms with van der Waals surface area (Å²) >= 11 is 3.06. The van der Waals surface area contributed by atoms with Gasteiger partial charge in [0.25, 0.3) is 0 Å². The molecule has 0 saturated heterocycles. The van der Waals surface area contributed by atoms with Crippen LogP contribution in [0.15, 0.2) is 47.0 Å². The normalized spacial score (nSPS) is 10.2. The van der Waals surface area contributed by atoms with Crippen molar-refractivity contribution in [1.82, 2.24) is 4.98 Å². The molecule has 1 aromatic heterocycles. The first-order valence-corrected chi connectivity index (χ1v) is 7.78. The van der Waals surface area contributed by atoms with Gasteiger partial charge in [0.05, 0.1) is 0 Å². The number of thiazole rings is 1. The molecule has 0 unspecified atom stereocenters. The Morgan fingerprint density at radius 2 is 2.05 bits per heavy atom. The Morgan fingerprint density at radius 3 is 2.68 bits per heavy atom. The fourth-order valence-corrected chi connectivity index (χ4v) is 3.55. The van der Waals surface area contributed by atoms with Crippen LogP contribution in [0, 0.1) is 0 Å². The summed E-state index contributed by atoms with van der Waals surface area (Å²) in [6.07, 6.45) is 3.04. The second-order valence-corrected chi connectivity index (χ2v) is 6.30. The van der Waals surface area contributed by atoms with Gasteiger partial charge in [0, 0.05) is 11.3 Å². The number of rotatable bonds is 5. The van der Waals surface area contributed by atoms with E-state index in [-0.39, 0.29) is 0 Å². The lowest BCUT2D eigenvalue weighted by molar-refractivity contribution is 0.112. The number of hydrogen-bond acceptors (Lipinski definition) is 4. The maximum atomic E-state index is 11.1. The largest absolute Gasteiger partial charge is 0.297 e. The van der Waals surface area contributed by atoms with Crippen LogP contribution in [0.2, 0.25) is 0 Å². The standard InChI is InChI=1S/C15H15NOS2/c1-11(2)8-9-18-15-13(10-17)19-14(16-15)12-6-4-3-5-7-12/h3-8,10H,9H2,1-2H3. The van der Waals surface area contributed by atoms with Gasteiger partial charge in [0.1, 0.15) is 14.9 Å². The first-order chi connectivity index (χ1) is 9.20. The number of nitrogens with zero attached hydrogens (tertiary/aromatic N) is 1. The van der Waals surface area contributed by atoms with Gasteiger partial charge < -0.3 is 0 Å². The first kappa shape index (κ1) is 14.0. The third-order valence-corrected chi connectivity index (χ3v) is 4.54. The van der Waals surface area contributed by atoms with Crippen molar-refractivity contribution in [2.75, 3.05) is 5.75 Å². The predicted molar refractivity (Wildman–Crippen MR) is 83.1 cm³/mol. The molecule has 0 aliphatic rings. The number of carbonyl (C=O) groups excluding carboxylic acids is 1. The Kier molecular flexibility index (Phi) is 4.93. The highest BCUT2D eigenvalue weighted by Crippen LogP contribution is 2.32. The lowest BCUT2D eigenvalue weighted by atomic mass is 10.2. The SMILES string of the molecule is CC(C)=CCSc1nc(-c2ccccc2)sc1C=O. The van der Waals surface area contributed by atoms with Crippen molar-refractivity contribution in [3.05, 3.63) is 46.9 Å². The van der Waals surface area contributed by atoms with Crippen LogP contribution >= 0.6 is 23.1 Å². The molecule has 4 heteroatoms. The molecule has 2 aromatic rings. The fraction of sp³-hybridized carbons (Fsp3) is 0.200. The predicted octanol–water partition coefficient (Wildman–Crippen LogP) is 4.68. The number of aldehydes is 1. The maximum Gasteiger partial charge on any atom is 0.162 e. The van der Waals surface area contributed by atoms with E-state index < -0.39 is 0 Å². The zero-order valence-electron chi connectivity index (χ0n) is 10.9. The van der Waals surface area contributed by atoms with Crippen molar-refractivity contribution < 1.29 is 4.79 Å². The number of carbonyl (C=O) groups is 1. The Bertz CT molecular complexity index is 583. The van der Waals surface area contributed by atoms with Gasteiger partial charge >= 0.3 is 0 Å². The van der Waals surface area contributed by atoms with Gasteiger partial charge in [-0.15, -0.1) is 23.1 Å². The van der Waals surface area contributed by atoms with Crippen LogP contribution in [0.25, 0.3) is 10.6 Å². The van der Waals surface area contributed by atoms with Crippen molar-refractivity contribution in [3.8, 4) is 10.6 Å². The number of benzene rings is 1. The topological polar surface area (TPSA) is 30.0 Å². The summed E-state index contributed by atoms with van der Waals surface area (Å²) in [5.74, 6) is 0.848. The van der Waals surface area contributed by atoms with Crippen LogP contribution in [-0.2, 0) is 0 Å². The van der Waals surface area contributed by atoms with Gasteiger partial charge in [-0.3, -0.25) is 4.79 Å². The lowest BCUT2D eigenvalue weighted by Gasteiger charge is -1.95. The fourth-order valence-electron chi connectivity index (χ4n) is 1.49. The minimum Gasteiger partial charge on any atom is -0.297 e. The minimum atomic E-state index is 0.714. The molecule has 0 bridgehead atoms. The molecule has 2 rings (SSSR count). The minimum absolute atomic E-state index is 0.714. The summed E-state index contributed by atoms with van der Waals surface area (Å²) in [5, 5.41) is 1.73. The monoisotopic (exact) mass is 289 g/mol. The van der Waals surface area contributed by atoms with Crippen molar-refractivity contribution in [2.45, 2.75) is 18.9 Å². The third kappa shape index (κ3) is 3.78. The van der Waals surface area contributed by atoms with E-state index in [1.807, 2.05) is 30.3 Å². The van der Waals surface area contributed by atoms with Crippen molar-refractivity contribution >= 4 is 29.4 Å². The number of hydrogen-bond donors (Lipinski definition) is 0. The van der Waals surface area contributed by atoms with E-state index in [1.54, 1.807) is 11.8 Å². The van der Waals surface area contributed by atoms with Gasteiger partial charge in [-0.2, -0.15) is 0 Å². The molecule has 0 saturated carbocycles. The lowest BCUT2D eigenvalue weighted by Crippen LogP contribution is -1.82. The van der Waals surface area contributed by atoms with Crippen LogP contribution in [-0.4, -0.2) is 17.0 Å². The molecule has 0 spiro atoms. The quantitative estimate of drug-likeness (QED) is 0.455. The second kappa shape index (κ2) is 6.68. The van der Waals surface area contributed by atoms with E-state index in [0.717, 1.165) is 27.6 Å². The highest BCUT2D eigenvalue weighted by atomic mass is 32.2. The van der Waals surface area contributed by atoms with Gasteiger partial charge in [0.2, 0.25) is 0 Å². The zero-order chi connectivity index (χ0) is 13.7. The highest BCUT2D eigenvalue weighted by molar-refractivity contribution is 7.99. The smallest absolute Gasteiger partial charge is 0.162 e. The van der Waals surface area contributed by atoms with Crippen LogP contribution in [0.4, 0.5) is 0 Å². The second-order valence-electron chi connectivity index (χ2n) is 4.26. The van der Waals surface area contributed by atoms with Crippen molar-refractivity contribution in [2.24, 2.45) is 0 Å². The molecule has 1 heterocycles. The molecule has 0 atom stereocenters. The summed E-state index contributed by atoms with van der Waals surface area (Å²) in [5.41, 5.74) is 2.34. The average Bonchev–Trinajstić information content (AvgIpc) is 2.83. The van der Waals surface area contributed by atoms with Gasteiger partial charge in [-0.25, -0.2) is 4.98 Å². The van der Waals surface area contributed by atoms with Gasteiger partial charge in [0.15, 0.2) is 6.29 Å². The Hall–Kier alpha value is -1.39. The molecular weight excluding hydrogens is 274 g/mol. The van der Waals surface area contributed by atoms with E-state index in [4.69, 9.17) is 0 Å². The molecule has 2 nitrogen and oxygen atoms in total. The highest BCUT2D eigenvalue weighted by Gasteiger charge is 2.11. The van der Waals surface area contributed by atoms with E-state index >= 15 is 0 Å². The molecule has 0 aliphatic heterocycles. The van der Waals surface area contributed by atoms with Crippen molar-refractivity contribution in [1.29, 1.82) is 0 Å². The Balaban J connectivity index is 2.23. The maximum absolute atomic E-state index is 11.1. The molecule has 0 aliphatic carbocycles. The van der Waals surface area contributed by atoms with Crippen LogP contribution < -0.4 is 0 Å². The summed E-state index contributed by atoms with van der Waals surface area (Å²) < 4.78 is 0. The molecule has 0 amide bonds. The number of allylic oxidation sites excluding steroid dienone is 1. The van der Waals surface area contributed by atoms with Crippen LogP contribution in [0.1, 0.15) is 23.5 Å². The molecule has 0 radical (unpaired) electrons. The van der Waals surface area contributed by atoms with Crippen LogP contribution in [0.3, 0.4) is 0 Å². The van der Waals surface area contributed by atoms with E-state index in [0.29, 0.717) is 4.88 Å². The summed E-state index contributed by atoms with van der Waals surface area (Å²) in [4.78, 5) is 16.4. The van der Waals surface area contributed by atoms with E-state index in [2.05, 4.69) is 24.9 Å². The van der Waals surface area contributed by atoms with Crippen molar-refractivity contribution in [3.63, 3.8) is 0 Å². The molecule has 0 fully saturated rings. The van der Waals surface area contributed by atoms with E-state index in [1.165, 1.54) is 16.9 Å². The molecule has 1 aromatic carbocycles. The van der Waals surface area contributed by atoms with Crippen LogP contribution in [0.5, 0.6) is 0 Å². The zero-order valence-corrected chi connectivity index (χ0v) is 12.6. The first-order valence-electron chi connectivity index (χ1n) is 5.98. The van der Waals surface area contributed by atoms with Gasteiger partial charge in [-0.05, 0) is 13.8 Å². The third-order valence-electron chi connectivity index (χ3n) is 2.46.